The van der Waals surface area contributed by atoms with Gasteiger partial charge in [-0.1, -0.05) is 15.9 Å². The molecule has 0 aliphatic rings. The van der Waals surface area contributed by atoms with Crippen LogP contribution < -0.4 is 0 Å². The van der Waals surface area contributed by atoms with Gasteiger partial charge in [0.25, 0.3) is 0 Å². The summed E-state index contributed by atoms with van der Waals surface area (Å²) in [5.74, 6) is 0. The fourth-order valence-corrected chi connectivity index (χ4v) is 0.789. The van der Waals surface area contributed by atoms with Gasteiger partial charge >= 0.3 is 0 Å². The van der Waals surface area contributed by atoms with Crippen molar-refractivity contribution in [3.8, 4) is 6.07 Å². The van der Waals surface area contributed by atoms with Crippen molar-refractivity contribution in [1.29, 1.82) is 5.26 Å². The van der Waals surface area contributed by atoms with E-state index in [0.717, 1.165) is 4.47 Å². The Morgan fingerprint density at radius 1 is 1.20 bits per heavy atom. The maximum Gasteiger partial charge on any atom is 0.0991 e. The van der Waals surface area contributed by atoms with Gasteiger partial charge in [-0.25, -0.2) is 0 Å². The molecule has 0 saturated carbocycles. The van der Waals surface area contributed by atoms with Crippen molar-refractivity contribution < 1.29 is 0 Å². The lowest BCUT2D eigenvalue weighted by Crippen LogP contribution is -1.69. The number of hydrogen-bond acceptors (Lipinski definition) is 1. The van der Waals surface area contributed by atoms with Crippen molar-refractivity contribution in [3.05, 3.63) is 34.3 Å². The number of benzene rings is 1. The number of nitriles is 1. The molecule has 0 radical (unpaired) electrons. The van der Waals surface area contributed by atoms with Crippen LogP contribution in [0.15, 0.2) is 28.7 Å². The lowest BCUT2D eigenvalue weighted by molar-refractivity contribution is 1.48. The first kappa shape index (κ1) is 9.48. The van der Waals surface area contributed by atoms with Crippen molar-refractivity contribution in [2.24, 2.45) is 0 Å². The van der Waals surface area contributed by atoms with E-state index >= 15 is 0 Å². The lowest BCUT2D eigenvalue weighted by Gasteiger charge is -1.86. The molecule has 0 N–H and O–H groups in total. The second-order valence-corrected chi connectivity index (χ2v) is 2.53. The minimum atomic E-state index is 0. The Kier molecular flexibility index (Phi) is 4.10. The minimum absolute atomic E-state index is 0. The van der Waals surface area contributed by atoms with Gasteiger partial charge in [0, 0.05) is 4.47 Å². The van der Waals surface area contributed by atoms with Crippen LogP contribution in [0.3, 0.4) is 0 Å². The zero-order valence-corrected chi connectivity index (χ0v) is 7.45. The highest BCUT2D eigenvalue weighted by molar-refractivity contribution is 9.10. The molecule has 0 aliphatic carbocycles. The maximum atomic E-state index is 8.36. The second kappa shape index (κ2) is 4.32. The molecule has 0 bridgehead atoms. The summed E-state index contributed by atoms with van der Waals surface area (Å²) in [7, 11) is 0. The summed E-state index contributed by atoms with van der Waals surface area (Å²) < 4.78 is 1.00. The molecule has 1 rings (SSSR count). The molecule has 0 aliphatic heterocycles. The Morgan fingerprint density at radius 3 is 2.10 bits per heavy atom. The van der Waals surface area contributed by atoms with Crippen molar-refractivity contribution in [2.45, 2.75) is 0 Å². The van der Waals surface area contributed by atoms with E-state index in [2.05, 4.69) is 15.9 Å². The van der Waals surface area contributed by atoms with Crippen molar-refractivity contribution in [2.75, 3.05) is 0 Å². The average Bonchev–Trinajstić information content (AvgIpc) is 1.90. The van der Waals surface area contributed by atoms with Gasteiger partial charge in [0.05, 0.1) is 11.6 Å². The molecule has 1 aromatic carbocycles. The lowest BCUT2D eigenvalue weighted by atomic mass is 10.2. The fourth-order valence-electron chi connectivity index (χ4n) is 0.524. The summed E-state index contributed by atoms with van der Waals surface area (Å²) in [6.45, 7) is 0. The van der Waals surface area contributed by atoms with Gasteiger partial charge in [-0.3, -0.25) is 0 Å². The van der Waals surface area contributed by atoms with Gasteiger partial charge in [-0.15, -0.1) is 12.4 Å². The zero-order chi connectivity index (χ0) is 6.69. The summed E-state index contributed by atoms with van der Waals surface area (Å²) in [5, 5.41) is 8.36. The number of halogens is 2. The minimum Gasteiger partial charge on any atom is -0.192 e. The molecular formula is C7H5BrClN. The maximum absolute atomic E-state index is 8.36. The SMILES string of the molecule is Cl.N#Cc1ccc(Br)cc1. The fraction of sp³-hybridized carbons (Fsp3) is 0. The summed E-state index contributed by atoms with van der Waals surface area (Å²) in [4.78, 5) is 0. The first-order valence-corrected chi connectivity index (χ1v) is 3.28. The van der Waals surface area contributed by atoms with Crippen LogP contribution in [-0.4, -0.2) is 0 Å². The van der Waals surface area contributed by atoms with E-state index in [1.807, 2.05) is 18.2 Å². The highest BCUT2D eigenvalue weighted by atomic mass is 79.9. The standard InChI is InChI=1S/C7H4BrN.ClH/c8-7-3-1-6(5-9)2-4-7;/h1-4H;1H. The van der Waals surface area contributed by atoms with Gasteiger partial charge < -0.3 is 0 Å². The molecule has 0 amide bonds. The van der Waals surface area contributed by atoms with E-state index in [1.54, 1.807) is 12.1 Å². The summed E-state index contributed by atoms with van der Waals surface area (Å²) >= 11 is 3.27. The van der Waals surface area contributed by atoms with Crippen molar-refractivity contribution in [3.63, 3.8) is 0 Å². The third-order valence-electron chi connectivity index (χ3n) is 0.973. The highest BCUT2D eigenvalue weighted by Crippen LogP contribution is 2.08. The highest BCUT2D eigenvalue weighted by Gasteiger charge is 1.86. The molecule has 0 atom stereocenters. The smallest absolute Gasteiger partial charge is 0.0991 e. The zero-order valence-electron chi connectivity index (χ0n) is 5.04. The molecule has 52 valence electrons. The molecule has 0 aromatic heterocycles. The first-order valence-electron chi connectivity index (χ1n) is 2.48. The molecule has 1 nitrogen and oxygen atoms in total. The predicted molar refractivity (Wildman–Crippen MR) is 46.1 cm³/mol. The van der Waals surface area contributed by atoms with E-state index in [4.69, 9.17) is 5.26 Å². The third-order valence-corrected chi connectivity index (χ3v) is 1.50. The predicted octanol–water partition coefficient (Wildman–Crippen LogP) is 2.74. The molecule has 1 aromatic rings. The molecule has 3 heteroatoms. The van der Waals surface area contributed by atoms with E-state index in [9.17, 15) is 0 Å². The molecule has 0 heterocycles. The Balaban J connectivity index is 0.000000810. The van der Waals surface area contributed by atoms with E-state index < -0.39 is 0 Å². The molecule has 0 unspecified atom stereocenters. The van der Waals surface area contributed by atoms with Crippen LogP contribution in [0.2, 0.25) is 0 Å². The van der Waals surface area contributed by atoms with Crippen LogP contribution in [0.25, 0.3) is 0 Å². The van der Waals surface area contributed by atoms with E-state index in [0.29, 0.717) is 5.56 Å². The average molecular weight is 218 g/mol. The molecule has 10 heavy (non-hydrogen) atoms. The van der Waals surface area contributed by atoms with Crippen LogP contribution in [0.4, 0.5) is 0 Å². The van der Waals surface area contributed by atoms with Crippen molar-refractivity contribution in [1.82, 2.24) is 0 Å². The van der Waals surface area contributed by atoms with Gasteiger partial charge in [-0.05, 0) is 24.3 Å². The normalized spacial score (nSPS) is 7.60. The van der Waals surface area contributed by atoms with Gasteiger partial charge in [0.1, 0.15) is 0 Å². The van der Waals surface area contributed by atoms with Crippen LogP contribution in [0.5, 0.6) is 0 Å². The van der Waals surface area contributed by atoms with Gasteiger partial charge in [0.15, 0.2) is 0 Å². The molecular weight excluding hydrogens is 213 g/mol. The monoisotopic (exact) mass is 217 g/mol. The Labute approximate surface area is 74.2 Å². The third kappa shape index (κ3) is 2.38. The van der Waals surface area contributed by atoms with E-state index in [1.165, 1.54) is 0 Å². The second-order valence-electron chi connectivity index (χ2n) is 1.62. The largest absolute Gasteiger partial charge is 0.192 e. The molecule has 0 fully saturated rings. The van der Waals surface area contributed by atoms with Crippen LogP contribution >= 0.6 is 28.3 Å². The van der Waals surface area contributed by atoms with Gasteiger partial charge in [0.2, 0.25) is 0 Å². The van der Waals surface area contributed by atoms with Crippen molar-refractivity contribution >= 4 is 28.3 Å². The number of nitrogens with zero attached hydrogens (tertiary/aromatic N) is 1. The summed E-state index contributed by atoms with van der Waals surface area (Å²) in [6.07, 6.45) is 0. The number of rotatable bonds is 0. The Hall–Kier alpha value is -0.520. The topological polar surface area (TPSA) is 23.8 Å². The Bertz CT molecular complexity index is 237. The van der Waals surface area contributed by atoms with Crippen LogP contribution in [0, 0.1) is 11.3 Å². The molecule has 0 saturated heterocycles. The summed E-state index contributed by atoms with van der Waals surface area (Å²) in [5.41, 5.74) is 0.693. The quantitative estimate of drug-likeness (QED) is 0.657. The van der Waals surface area contributed by atoms with Crippen LogP contribution in [0.1, 0.15) is 5.56 Å². The van der Waals surface area contributed by atoms with Crippen LogP contribution in [-0.2, 0) is 0 Å². The number of hydrogen-bond donors (Lipinski definition) is 0. The van der Waals surface area contributed by atoms with Gasteiger partial charge in [-0.2, -0.15) is 5.26 Å². The summed E-state index contributed by atoms with van der Waals surface area (Å²) in [6, 6.07) is 9.26. The molecule has 0 spiro atoms. The Morgan fingerprint density at radius 2 is 1.70 bits per heavy atom. The first-order chi connectivity index (χ1) is 4.33. The van der Waals surface area contributed by atoms with E-state index in [-0.39, 0.29) is 12.4 Å².